The fraction of sp³-hybridized carbons (Fsp3) is 0.381. The van der Waals surface area contributed by atoms with E-state index in [1.807, 2.05) is 55.5 Å². The Kier molecular flexibility index (Phi) is 3.43. The summed E-state index contributed by atoms with van der Waals surface area (Å²) < 4.78 is 0. The zero-order valence-electron chi connectivity index (χ0n) is 15.1. The second kappa shape index (κ2) is 5.63. The number of anilines is 1. The monoisotopic (exact) mass is 363 g/mol. The summed E-state index contributed by atoms with van der Waals surface area (Å²) in [5.41, 5.74) is 2.30. The van der Waals surface area contributed by atoms with Crippen molar-refractivity contribution in [1.82, 2.24) is 4.90 Å². The van der Waals surface area contributed by atoms with Crippen molar-refractivity contribution in [3.8, 4) is 0 Å². The normalized spacial score (nSPS) is 31.7. The second-order valence-corrected chi connectivity index (χ2v) is 7.84. The van der Waals surface area contributed by atoms with E-state index in [9.17, 15) is 14.9 Å². The highest BCUT2D eigenvalue weighted by Gasteiger charge is 2.73. The van der Waals surface area contributed by atoms with Gasteiger partial charge in [0.25, 0.3) is 11.9 Å². The molecular weight excluding hydrogens is 342 g/mol. The Labute approximate surface area is 157 Å². The Morgan fingerprint density at radius 1 is 1.19 bits per heavy atom. The Bertz CT molecular complexity index is 942. The molecule has 1 N–H and O–H groups in total. The van der Waals surface area contributed by atoms with Crippen LogP contribution in [0.2, 0.25) is 0 Å². The van der Waals surface area contributed by atoms with Crippen molar-refractivity contribution >= 4 is 11.6 Å². The molecule has 6 nitrogen and oxygen atoms in total. The van der Waals surface area contributed by atoms with Crippen LogP contribution in [0, 0.1) is 17.0 Å². The van der Waals surface area contributed by atoms with Gasteiger partial charge in [0, 0.05) is 28.8 Å². The van der Waals surface area contributed by atoms with E-state index in [-0.39, 0.29) is 22.8 Å². The van der Waals surface area contributed by atoms with Crippen LogP contribution in [0.3, 0.4) is 0 Å². The summed E-state index contributed by atoms with van der Waals surface area (Å²) in [6, 6.07) is 14.4. The van der Waals surface area contributed by atoms with E-state index in [2.05, 4.69) is 10.2 Å². The van der Waals surface area contributed by atoms with Gasteiger partial charge in [0.05, 0.1) is 5.92 Å². The highest BCUT2D eigenvalue weighted by Crippen LogP contribution is 2.57. The summed E-state index contributed by atoms with van der Waals surface area (Å²) in [4.78, 5) is 27.6. The maximum Gasteiger partial charge on any atom is 0.256 e. The topological polar surface area (TPSA) is 75.5 Å². The number of carbonyl (C=O) groups is 1. The summed E-state index contributed by atoms with van der Waals surface area (Å²) in [6.45, 7) is 2.71. The number of benzene rings is 2. The van der Waals surface area contributed by atoms with Gasteiger partial charge in [-0.3, -0.25) is 19.8 Å². The van der Waals surface area contributed by atoms with Gasteiger partial charge in [0.15, 0.2) is 5.54 Å². The van der Waals surface area contributed by atoms with E-state index in [4.69, 9.17) is 0 Å². The van der Waals surface area contributed by atoms with E-state index in [1.54, 1.807) is 0 Å². The molecule has 27 heavy (non-hydrogen) atoms. The smallest absolute Gasteiger partial charge is 0.256 e. The molecule has 4 atom stereocenters. The number of hydrogen-bond acceptors (Lipinski definition) is 4. The van der Waals surface area contributed by atoms with Crippen molar-refractivity contribution < 1.29 is 9.72 Å². The Morgan fingerprint density at radius 2 is 1.93 bits per heavy atom. The predicted octanol–water partition coefficient (Wildman–Crippen LogP) is 3.05. The number of fused-ring (bicyclic) bond motifs is 4. The van der Waals surface area contributed by atoms with Gasteiger partial charge in [-0.05, 0) is 31.4 Å². The fourth-order valence-electron chi connectivity index (χ4n) is 5.56. The SMILES string of the molecule is Cc1ccc([C@@H]2[C@@H]3CCCN3[C@]3(C(=O)Nc4ccccc43)[C@@H]2[N+](=O)[O-])cc1. The molecule has 3 aliphatic heterocycles. The van der Waals surface area contributed by atoms with Crippen molar-refractivity contribution in [1.29, 1.82) is 0 Å². The van der Waals surface area contributed by atoms with Crippen molar-refractivity contribution in [2.75, 3.05) is 11.9 Å². The van der Waals surface area contributed by atoms with Crippen LogP contribution in [0.25, 0.3) is 0 Å². The molecule has 0 radical (unpaired) electrons. The minimum atomic E-state index is -1.23. The summed E-state index contributed by atoms with van der Waals surface area (Å²) in [5, 5.41) is 15.3. The second-order valence-electron chi connectivity index (χ2n) is 7.84. The largest absolute Gasteiger partial charge is 0.324 e. The molecular formula is C21H21N3O3. The number of nitrogens with one attached hydrogen (secondary N) is 1. The van der Waals surface area contributed by atoms with E-state index < -0.39 is 11.6 Å². The van der Waals surface area contributed by atoms with Gasteiger partial charge in [-0.2, -0.15) is 0 Å². The van der Waals surface area contributed by atoms with Gasteiger partial charge in [0.2, 0.25) is 0 Å². The number of carbonyl (C=O) groups excluding carboxylic acids is 1. The van der Waals surface area contributed by atoms with Crippen molar-refractivity contribution in [3.05, 3.63) is 75.3 Å². The highest BCUT2D eigenvalue weighted by atomic mass is 16.6. The molecule has 0 aromatic heterocycles. The summed E-state index contributed by atoms with van der Waals surface area (Å²) >= 11 is 0. The van der Waals surface area contributed by atoms with Gasteiger partial charge < -0.3 is 5.32 Å². The molecule has 0 bridgehead atoms. The molecule has 2 fully saturated rings. The zero-order chi connectivity index (χ0) is 18.8. The first kappa shape index (κ1) is 16.4. The third-order valence-corrected chi connectivity index (χ3v) is 6.56. The van der Waals surface area contributed by atoms with Crippen molar-refractivity contribution in [2.45, 2.75) is 43.3 Å². The number of nitrogens with zero attached hydrogens (tertiary/aromatic N) is 2. The summed E-state index contributed by atoms with van der Waals surface area (Å²) in [6.07, 6.45) is 1.83. The number of rotatable bonds is 2. The highest BCUT2D eigenvalue weighted by molar-refractivity contribution is 6.07. The quantitative estimate of drug-likeness (QED) is 0.657. The van der Waals surface area contributed by atoms with Crippen LogP contribution in [-0.4, -0.2) is 34.4 Å². The third-order valence-electron chi connectivity index (χ3n) is 6.56. The number of hydrogen-bond donors (Lipinski definition) is 1. The number of aryl methyl sites for hydroxylation is 1. The lowest BCUT2D eigenvalue weighted by atomic mass is 9.77. The van der Waals surface area contributed by atoms with Crippen LogP contribution >= 0.6 is 0 Å². The molecule has 1 amide bonds. The average molecular weight is 363 g/mol. The summed E-state index contributed by atoms with van der Waals surface area (Å²) in [7, 11) is 0. The molecule has 2 aromatic carbocycles. The maximum atomic E-state index is 13.3. The molecule has 3 aliphatic rings. The van der Waals surface area contributed by atoms with E-state index in [0.29, 0.717) is 12.2 Å². The fourth-order valence-corrected chi connectivity index (χ4v) is 5.56. The Balaban J connectivity index is 1.76. The third kappa shape index (κ3) is 2.02. The van der Waals surface area contributed by atoms with Crippen LogP contribution < -0.4 is 5.32 Å². The van der Waals surface area contributed by atoms with E-state index in [0.717, 1.165) is 29.5 Å². The number of para-hydroxylation sites is 1. The molecule has 2 saturated heterocycles. The molecule has 0 unspecified atom stereocenters. The van der Waals surface area contributed by atoms with Gasteiger partial charge in [0.1, 0.15) is 0 Å². The predicted molar refractivity (Wildman–Crippen MR) is 101 cm³/mol. The van der Waals surface area contributed by atoms with Crippen LogP contribution in [0.5, 0.6) is 0 Å². The van der Waals surface area contributed by atoms with Crippen LogP contribution in [0.1, 0.15) is 35.4 Å². The molecule has 0 aliphatic carbocycles. The first-order valence-electron chi connectivity index (χ1n) is 9.43. The van der Waals surface area contributed by atoms with Gasteiger partial charge >= 0.3 is 0 Å². The first-order valence-corrected chi connectivity index (χ1v) is 9.43. The Morgan fingerprint density at radius 3 is 2.67 bits per heavy atom. The van der Waals surface area contributed by atoms with Gasteiger partial charge in [-0.15, -0.1) is 0 Å². The molecule has 138 valence electrons. The number of amides is 1. The lowest BCUT2D eigenvalue weighted by molar-refractivity contribution is -0.534. The zero-order valence-corrected chi connectivity index (χ0v) is 15.1. The van der Waals surface area contributed by atoms with Crippen molar-refractivity contribution in [3.63, 3.8) is 0 Å². The van der Waals surface area contributed by atoms with Crippen LogP contribution in [-0.2, 0) is 10.3 Å². The lowest BCUT2D eigenvalue weighted by Crippen LogP contribution is -2.55. The lowest BCUT2D eigenvalue weighted by Gasteiger charge is -2.32. The van der Waals surface area contributed by atoms with Gasteiger partial charge in [-0.25, -0.2) is 0 Å². The maximum absolute atomic E-state index is 13.3. The Hall–Kier alpha value is -2.73. The molecule has 2 aromatic rings. The number of nitro groups is 1. The minimum absolute atomic E-state index is 0.0000113. The van der Waals surface area contributed by atoms with E-state index >= 15 is 0 Å². The average Bonchev–Trinajstić information content (AvgIpc) is 3.30. The molecule has 0 saturated carbocycles. The molecule has 6 heteroatoms. The van der Waals surface area contributed by atoms with E-state index in [1.165, 1.54) is 0 Å². The van der Waals surface area contributed by atoms with Crippen molar-refractivity contribution in [2.24, 2.45) is 0 Å². The van der Waals surface area contributed by atoms with Crippen LogP contribution in [0.15, 0.2) is 48.5 Å². The summed E-state index contributed by atoms with van der Waals surface area (Å²) in [5.74, 6) is -0.563. The molecule has 5 rings (SSSR count). The standard InChI is InChI=1S/C21H21N3O3/c1-13-8-10-14(11-9-13)18-17-7-4-12-23(17)21(19(18)24(26)27)15-5-2-3-6-16(15)22-20(21)25/h2-3,5-6,8-11,17-19H,4,7,12H2,1H3,(H,22,25)/t17-,18+,19+,21-/m0/s1. The molecule has 1 spiro atoms. The minimum Gasteiger partial charge on any atom is -0.324 e. The first-order chi connectivity index (χ1) is 13.0. The molecule has 3 heterocycles. The van der Waals surface area contributed by atoms with Gasteiger partial charge in [-0.1, -0.05) is 48.0 Å². The van der Waals surface area contributed by atoms with Crippen LogP contribution in [0.4, 0.5) is 5.69 Å².